The summed E-state index contributed by atoms with van der Waals surface area (Å²) >= 11 is 0. The number of rotatable bonds is 5. The van der Waals surface area contributed by atoms with Gasteiger partial charge in [-0.2, -0.15) is 5.10 Å². The van der Waals surface area contributed by atoms with Gasteiger partial charge in [-0.15, -0.1) is 10.2 Å². The van der Waals surface area contributed by atoms with Gasteiger partial charge in [0.2, 0.25) is 0 Å². The largest absolute Gasteiger partial charge is 0.339 e. The molecule has 0 aliphatic rings. The minimum absolute atomic E-state index is 0.142. The van der Waals surface area contributed by atoms with Crippen LogP contribution in [0.3, 0.4) is 0 Å². The number of hydrogen-bond acceptors (Lipinski definition) is 5. The third kappa shape index (κ3) is 4.04. The first-order chi connectivity index (χ1) is 13.7. The maximum atomic E-state index is 12.2. The van der Waals surface area contributed by atoms with E-state index in [1.54, 1.807) is 16.8 Å². The van der Waals surface area contributed by atoms with Crippen LogP contribution in [0.5, 0.6) is 0 Å². The van der Waals surface area contributed by atoms with Crippen LogP contribution in [0.2, 0.25) is 0 Å². The van der Waals surface area contributed by atoms with Crippen molar-refractivity contribution in [2.24, 2.45) is 0 Å². The Kier molecular flexibility index (Phi) is 4.79. The Bertz CT molecular complexity index is 1070. The van der Waals surface area contributed by atoms with Crippen LogP contribution in [0.15, 0.2) is 79.0 Å². The van der Waals surface area contributed by atoms with E-state index in [0.29, 0.717) is 17.2 Å². The molecule has 0 aliphatic carbocycles. The molecule has 7 nitrogen and oxygen atoms in total. The van der Waals surface area contributed by atoms with Crippen molar-refractivity contribution < 1.29 is 4.79 Å². The number of carbonyl (C=O) groups is 1. The molecule has 0 saturated carbocycles. The summed E-state index contributed by atoms with van der Waals surface area (Å²) in [6, 6.07) is 22.1. The zero-order valence-corrected chi connectivity index (χ0v) is 15.2. The van der Waals surface area contributed by atoms with Crippen molar-refractivity contribution in [2.45, 2.75) is 6.92 Å². The number of amides is 1. The van der Waals surface area contributed by atoms with Gasteiger partial charge in [-0.25, -0.2) is 4.68 Å². The first-order valence-electron chi connectivity index (χ1n) is 8.77. The Morgan fingerprint density at radius 3 is 2.25 bits per heavy atom. The molecular formula is C21H18N6O. The van der Waals surface area contributed by atoms with E-state index in [-0.39, 0.29) is 5.91 Å². The number of benzene rings is 2. The summed E-state index contributed by atoms with van der Waals surface area (Å²) in [5, 5.41) is 18.7. The summed E-state index contributed by atoms with van der Waals surface area (Å²) in [4.78, 5) is 12.2. The second-order valence-electron chi connectivity index (χ2n) is 6.20. The monoisotopic (exact) mass is 370 g/mol. The number of anilines is 3. The van der Waals surface area contributed by atoms with E-state index in [2.05, 4.69) is 25.9 Å². The average Bonchev–Trinajstić information content (AvgIpc) is 3.17. The molecule has 7 heteroatoms. The van der Waals surface area contributed by atoms with Gasteiger partial charge in [0.25, 0.3) is 5.91 Å². The zero-order valence-electron chi connectivity index (χ0n) is 15.2. The summed E-state index contributed by atoms with van der Waals surface area (Å²) in [6.45, 7) is 1.92. The topological polar surface area (TPSA) is 84.7 Å². The van der Waals surface area contributed by atoms with Crippen LogP contribution in [-0.4, -0.2) is 25.9 Å². The predicted molar refractivity (Wildman–Crippen MR) is 108 cm³/mol. The van der Waals surface area contributed by atoms with Crippen molar-refractivity contribution in [1.29, 1.82) is 0 Å². The third-order valence-electron chi connectivity index (χ3n) is 4.06. The van der Waals surface area contributed by atoms with Gasteiger partial charge >= 0.3 is 0 Å². The SMILES string of the molecule is Cc1ccn(-c2ccc(Nc3ccc(NC(=O)c4ccccc4)cc3)nn2)n1. The molecule has 0 fully saturated rings. The van der Waals surface area contributed by atoms with E-state index in [4.69, 9.17) is 0 Å². The predicted octanol–water partition coefficient (Wildman–Crippen LogP) is 3.97. The molecule has 2 aromatic heterocycles. The first-order valence-corrected chi connectivity index (χ1v) is 8.77. The third-order valence-corrected chi connectivity index (χ3v) is 4.06. The molecule has 4 rings (SSSR count). The lowest BCUT2D eigenvalue weighted by atomic mass is 10.2. The quantitative estimate of drug-likeness (QED) is 0.555. The van der Waals surface area contributed by atoms with Crippen molar-refractivity contribution in [1.82, 2.24) is 20.0 Å². The molecule has 0 aliphatic heterocycles. The number of nitrogens with one attached hydrogen (secondary N) is 2. The van der Waals surface area contributed by atoms with Crippen molar-refractivity contribution in [3.8, 4) is 5.82 Å². The molecule has 4 aromatic rings. The number of aryl methyl sites for hydroxylation is 1. The average molecular weight is 370 g/mol. The highest BCUT2D eigenvalue weighted by atomic mass is 16.1. The highest BCUT2D eigenvalue weighted by Crippen LogP contribution is 2.18. The zero-order chi connectivity index (χ0) is 19.3. The van der Waals surface area contributed by atoms with Gasteiger partial charge in [0.05, 0.1) is 5.69 Å². The molecule has 0 saturated heterocycles. The fourth-order valence-electron chi connectivity index (χ4n) is 2.63. The maximum absolute atomic E-state index is 12.2. The summed E-state index contributed by atoms with van der Waals surface area (Å²) < 4.78 is 1.68. The molecule has 2 N–H and O–H groups in total. The molecule has 138 valence electrons. The smallest absolute Gasteiger partial charge is 0.255 e. The summed E-state index contributed by atoms with van der Waals surface area (Å²) in [7, 11) is 0. The van der Waals surface area contributed by atoms with Gasteiger partial charge in [-0.05, 0) is 61.5 Å². The van der Waals surface area contributed by atoms with Crippen molar-refractivity contribution >= 4 is 23.1 Å². The van der Waals surface area contributed by atoms with Crippen LogP contribution >= 0.6 is 0 Å². The van der Waals surface area contributed by atoms with E-state index in [9.17, 15) is 4.79 Å². The highest BCUT2D eigenvalue weighted by Gasteiger charge is 2.06. The Morgan fingerprint density at radius 1 is 0.857 bits per heavy atom. The lowest BCUT2D eigenvalue weighted by molar-refractivity contribution is 0.102. The lowest BCUT2D eigenvalue weighted by Crippen LogP contribution is -2.11. The first kappa shape index (κ1) is 17.4. The fourth-order valence-corrected chi connectivity index (χ4v) is 2.63. The van der Waals surface area contributed by atoms with E-state index >= 15 is 0 Å². The molecule has 0 atom stereocenters. The van der Waals surface area contributed by atoms with Crippen LogP contribution in [0.1, 0.15) is 16.1 Å². The molecule has 0 spiro atoms. The van der Waals surface area contributed by atoms with E-state index in [1.807, 2.05) is 73.8 Å². The van der Waals surface area contributed by atoms with E-state index in [0.717, 1.165) is 17.1 Å². The van der Waals surface area contributed by atoms with Crippen molar-refractivity contribution in [3.63, 3.8) is 0 Å². The minimum Gasteiger partial charge on any atom is -0.339 e. The number of nitrogens with zero attached hydrogens (tertiary/aromatic N) is 4. The van der Waals surface area contributed by atoms with Crippen LogP contribution in [-0.2, 0) is 0 Å². The fraction of sp³-hybridized carbons (Fsp3) is 0.0476. The van der Waals surface area contributed by atoms with Crippen LogP contribution < -0.4 is 10.6 Å². The van der Waals surface area contributed by atoms with E-state index in [1.165, 1.54) is 0 Å². The minimum atomic E-state index is -0.142. The second kappa shape index (κ2) is 7.71. The van der Waals surface area contributed by atoms with Gasteiger partial charge < -0.3 is 10.6 Å². The Morgan fingerprint density at radius 2 is 1.61 bits per heavy atom. The summed E-state index contributed by atoms with van der Waals surface area (Å²) in [5.41, 5.74) is 3.10. The molecule has 1 amide bonds. The van der Waals surface area contributed by atoms with Crippen molar-refractivity contribution in [3.05, 3.63) is 90.3 Å². The van der Waals surface area contributed by atoms with Crippen LogP contribution in [0, 0.1) is 6.92 Å². The summed E-state index contributed by atoms with van der Waals surface area (Å²) in [6.07, 6.45) is 1.84. The molecular weight excluding hydrogens is 352 g/mol. The van der Waals surface area contributed by atoms with Crippen molar-refractivity contribution in [2.75, 3.05) is 10.6 Å². The molecule has 2 aromatic carbocycles. The van der Waals surface area contributed by atoms with Gasteiger partial charge in [-0.1, -0.05) is 18.2 Å². The summed E-state index contributed by atoms with van der Waals surface area (Å²) in [5.74, 6) is 1.13. The Labute approximate surface area is 162 Å². The second-order valence-corrected chi connectivity index (χ2v) is 6.20. The van der Waals surface area contributed by atoms with Gasteiger partial charge in [0.15, 0.2) is 11.6 Å². The lowest BCUT2D eigenvalue weighted by Gasteiger charge is -2.08. The molecule has 0 radical (unpaired) electrons. The highest BCUT2D eigenvalue weighted by molar-refractivity contribution is 6.04. The van der Waals surface area contributed by atoms with Gasteiger partial charge in [0.1, 0.15) is 0 Å². The molecule has 0 bridgehead atoms. The molecule has 2 heterocycles. The van der Waals surface area contributed by atoms with Gasteiger partial charge in [0, 0.05) is 23.1 Å². The number of hydrogen-bond donors (Lipinski definition) is 2. The van der Waals surface area contributed by atoms with Gasteiger partial charge in [-0.3, -0.25) is 4.79 Å². The normalized spacial score (nSPS) is 10.5. The Hall–Kier alpha value is -4.00. The molecule has 28 heavy (non-hydrogen) atoms. The number of aromatic nitrogens is 4. The van der Waals surface area contributed by atoms with E-state index < -0.39 is 0 Å². The standard InChI is InChI=1S/C21H18N6O/c1-15-13-14-27(26-15)20-12-11-19(24-25-20)22-17-7-9-18(10-8-17)23-21(28)16-5-3-2-4-6-16/h2-14H,1H3,(H,22,24)(H,23,28). The van der Waals surface area contributed by atoms with Crippen LogP contribution in [0.25, 0.3) is 5.82 Å². The van der Waals surface area contributed by atoms with Crippen LogP contribution in [0.4, 0.5) is 17.2 Å². The number of carbonyl (C=O) groups excluding carboxylic acids is 1. The Balaban J connectivity index is 1.40. The molecule has 0 unspecified atom stereocenters. The maximum Gasteiger partial charge on any atom is 0.255 e.